The SMILES string of the molecule is CCCS(=O)(=O)NCCc1ccc(N2CCOCC2)cc1. The number of nitrogens with zero attached hydrogens (tertiary/aromatic N) is 1. The number of sulfonamides is 1. The van der Waals surface area contributed by atoms with Crippen LogP contribution in [0.3, 0.4) is 0 Å². The van der Waals surface area contributed by atoms with Crippen LogP contribution >= 0.6 is 0 Å². The van der Waals surface area contributed by atoms with Gasteiger partial charge in [-0.2, -0.15) is 0 Å². The van der Waals surface area contributed by atoms with Crippen LogP contribution < -0.4 is 9.62 Å². The van der Waals surface area contributed by atoms with Crippen molar-refractivity contribution in [1.82, 2.24) is 4.72 Å². The van der Waals surface area contributed by atoms with E-state index in [1.165, 1.54) is 5.69 Å². The van der Waals surface area contributed by atoms with Crippen LogP contribution in [-0.4, -0.2) is 47.0 Å². The van der Waals surface area contributed by atoms with E-state index >= 15 is 0 Å². The molecule has 0 aliphatic carbocycles. The molecule has 5 nitrogen and oxygen atoms in total. The molecule has 21 heavy (non-hydrogen) atoms. The average molecular weight is 312 g/mol. The summed E-state index contributed by atoms with van der Waals surface area (Å²) in [6, 6.07) is 8.33. The maximum atomic E-state index is 11.6. The van der Waals surface area contributed by atoms with Gasteiger partial charge in [-0.25, -0.2) is 13.1 Å². The van der Waals surface area contributed by atoms with Gasteiger partial charge < -0.3 is 9.64 Å². The van der Waals surface area contributed by atoms with Gasteiger partial charge in [-0.05, 0) is 30.5 Å². The van der Waals surface area contributed by atoms with Crippen molar-refractivity contribution in [2.45, 2.75) is 19.8 Å². The number of nitrogens with one attached hydrogen (secondary N) is 1. The molecule has 118 valence electrons. The first kappa shape index (κ1) is 16.3. The molecule has 0 radical (unpaired) electrons. The first-order valence-electron chi connectivity index (χ1n) is 7.50. The molecule has 0 bridgehead atoms. The largest absolute Gasteiger partial charge is 0.378 e. The monoisotopic (exact) mass is 312 g/mol. The van der Waals surface area contributed by atoms with E-state index in [4.69, 9.17) is 4.74 Å². The number of anilines is 1. The van der Waals surface area contributed by atoms with Crippen molar-refractivity contribution in [2.75, 3.05) is 43.5 Å². The van der Waals surface area contributed by atoms with Gasteiger partial charge in [0.25, 0.3) is 0 Å². The Labute approximate surface area is 127 Å². The lowest BCUT2D eigenvalue weighted by atomic mass is 10.1. The average Bonchev–Trinajstić information content (AvgIpc) is 2.48. The van der Waals surface area contributed by atoms with E-state index in [1.807, 2.05) is 6.92 Å². The summed E-state index contributed by atoms with van der Waals surface area (Å²) in [5.74, 6) is 0.197. The maximum absolute atomic E-state index is 11.6. The Bertz CT molecular complexity index is 522. The lowest BCUT2D eigenvalue weighted by Crippen LogP contribution is -2.36. The van der Waals surface area contributed by atoms with E-state index in [9.17, 15) is 8.42 Å². The second kappa shape index (κ2) is 7.77. The summed E-state index contributed by atoms with van der Waals surface area (Å²) in [6.45, 7) is 5.73. The Morgan fingerprint density at radius 2 is 1.86 bits per heavy atom. The summed E-state index contributed by atoms with van der Waals surface area (Å²) in [4.78, 5) is 2.30. The Morgan fingerprint density at radius 3 is 2.48 bits per heavy atom. The number of hydrogen-bond donors (Lipinski definition) is 1. The van der Waals surface area contributed by atoms with Gasteiger partial charge in [0.05, 0.1) is 19.0 Å². The fourth-order valence-electron chi connectivity index (χ4n) is 2.39. The minimum atomic E-state index is -3.10. The van der Waals surface area contributed by atoms with Gasteiger partial charge in [-0.3, -0.25) is 0 Å². The molecule has 1 aromatic rings. The molecule has 1 saturated heterocycles. The van der Waals surface area contributed by atoms with E-state index in [0.717, 1.165) is 31.9 Å². The molecule has 1 fully saturated rings. The lowest BCUT2D eigenvalue weighted by molar-refractivity contribution is 0.122. The molecular weight excluding hydrogens is 288 g/mol. The molecule has 6 heteroatoms. The fraction of sp³-hybridized carbons (Fsp3) is 0.600. The number of benzene rings is 1. The van der Waals surface area contributed by atoms with E-state index in [2.05, 4.69) is 33.9 Å². The van der Waals surface area contributed by atoms with Crippen molar-refractivity contribution < 1.29 is 13.2 Å². The van der Waals surface area contributed by atoms with Crippen molar-refractivity contribution in [3.8, 4) is 0 Å². The van der Waals surface area contributed by atoms with Crippen molar-refractivity contribution in [3.05, 3.63) is 29.8 Å². The molecule has 1 aliphatic heterocycles. The van der Waals surface area contributed by atoms with E-state index < -0.39 is 10.0 Å². The Morgan fingerprint density at radius 1 is 1.19 bits per heavy atom. The molecule has 1 aromatic carbocycles. The predicted octanol–water partition coefficient (Wildman–Crippen LogP) is 1.40. The van der Waals surface area contributed by atoms with E-state index in [0.29, 0.717) is 19.4 Å². The van der Waals surface area contributed by atoms with Crippen LogP contribution in [0, 0.1) is 0 Å². The molecule has 1 heterocycles. The lowest BCUT2D eigenvalue weighted by Gasteiger charge is -2.28. The topological polar surface area (TPSA) is 58.6 Å². The van der Waals surface area contributed by atoms with Crippen LogP contribution in [0.25, 0.3) is 0 Å². The van der Waals surface area contributed by atoms with Crippen LogP contribution in [0.5, 0.6) is 0 Å². The van der Waals surface area contributed by atoms with Crippen LogP contribution in [0.2, 0.25) is 0 Å². The Balaban J connectivity index is 1.82. The first-order valence-corrected chi connectivity index (χ1v) is 9.15. The van der Waals surface area contributed by atoms with E-state index in [1.54, 1.807) is 0 Å². The molecule has 0 unspecified atom stereocenters. The zero-order valence-corrected chi connectivity index (χ0v) is 13.4. The third-order valence-electron chi connectivity index (χ3n) is 3.52. The highest BCUT2D eigenvalue weighted by Crippen LogP contribution is 2.16. The smallest absolute Gasteiger partial charge is 0.211 e. The third-order valence-corrected chi connectivity index (χ3v) is 5.11. The van der Waals surface area contributed by atoms with Gasteiger partial charge in [0.1, 0.15) is 0 Å². The molecular formula is C15H24N2O3S. The number of morpholine rings is 1. The van der Waals surface area contributed by atoms with Crippen LogP contribution in [0.15, 0.2) is 24.3 Å². The molecule has 0 amide bonds. The highest BCUT2D eigenvalue weighted by Gasteiger charge is 2.11. The highest BCUT2D eigenvalue weighted by atomic mass is 32.2. The van der Waals surface area contributed by atoms with Crippen LogP contribution in [0.4, 0.5) is 5.69 Å². The standard InChI is InChI=1S/C15H24N2O3S/c1-2-13-21(18,19)16-8-7-14-3-5-15(6-4-14)17-9-11-20-12-10-17/h3-6,16H,2,7-13H2,1H3. The summed E-state index contributed by atoms with van der Waals surface area (Å²) < 4.78 is 31.1. The van der Waals surface area contributed by atoms with Gasteiger partial charge in [0, 0.05) is 25.3 Å². The Hall–Kier alpha value is -1.11. The van der Waals surface area contributed by atoms with Crippen molar-refractivity contribution >= 4 is 15.7 Å². The summed E-state index contributed by atoms with van der Waals surface area (Å²) >= 11 is 0. The van der Waals surface area contributed by atoms with Crippen molar-refractivity contribution in [3.63, 3.8) is 0 Å². The third kappa shape index (κ3) is 5.30. The van der Waals surface area contributed by atoms with Crippen LogP contribution in [-0.2, 0) is 21.2 Å². The minimum absolute atomic E-state index is 0.197. The van der Waals surface area contributed by atoms with Gasteiger partial charge in [0.15, 0.2) is 0 Å². The second-order valence-electron chi connectivity index (χ2n) is 5.23. The van der Waals surface area contributed by atoms with Crippen LogP contribution in [0.1, 0.15) is 18.9 Å². The molecule has 0 atom stereocenters. The Kier molecular flexibility index (Phi) is 6.02. The summed E-state index contributed by atoms with van der Waals surface area (Å²) in [5, 5.41) is 0. The van der Waals surface area contributed by atoms with Gasteiger partial charge in [-0.1, -0.05) is 19.1 Å². The minimum Gasteiger partial charge on any atom is -0.378 e. The number of ether oxygens (including phenoxy) is 1. The van der Waals surface area contributed by atoms with Gasteiger partial charge in [-0.15, -0.1) is 0 Å². The fourth-order valence-corrected chi connectivity index (χ4v) is 3.48. The zero-order chi connectivity index (χ0) is 15.1. The summed E-state index contributed by atoms with van der Waals surface area (Å²) in [5.41, 5.74) is 2.35. The molecule has 0 aromatic heterocycles. The maximum Gasteiger partial charge on any atom is 0.211 e. The first-order chi connectivity index (χ1) is 10.1. The van der Waals surface area contributed by atoms with E-state index in [-0.39, 0.29) is 5.75 Å². The normalized spacial score (nSPS) is 16.1. The van der Waals surface area contributed by atoms with Crippen molar-refractivity contribution in [2.24, 2.45) is 0 Å². The number of rotatable bonds is 7. The summed E-state index contributed by atoms with van der Waals surface area (Å²) in [6.07, 6.45) is 1.36. The zero-order valence-electron chi connectivity index (χ0n) is 12.5. The molecule has 0 saturated carbocycles. The van der Waals surface area contributed by atoms with Gasteiger partial charge >= 0.3 is 0 Å². The molecule has 1 aliphatic rings. The number of hydrogen-bond acceptors (Lipinski definition) is 4. The second-order valence-corrected chi connectivity index (χ2v) is 7.16. The highest BCUT2D eigenvalue weighted by molar-refractivity contribution is 7.89. The molecule has 2 rings (SSSR count). The molecule has 0 spiro atoms. The van der Waals surface area contributed by atoms with Crippen molar-refractivity contribution in [1.29, 1.82) is 0 Å². The van der Waals surface area contributed by atoms with Gasteiger partial charge in [0.2, 0.25) is 10.0 Å². The summed E-state index contributed by atoms with van der Waals surface area (Å²) in [7, 11) is -3.10. The quantitative estimate of drug-likeness (QED) is 0.827. The molecule has 1 N–H and O–H groups in total. The predicted molar refractivity (Wildman–Crippen MR) is 85.3 cm³/mol.